The normalized spacial score (nSPS) is 24.2. The summed E-state index contributed by atoms with van der Waals surface area (Å²) in [6, 6.07) is 0. The Morgan fingerprint density at radius 3 is 2.83 bits per heavy atom. The monoisotopic (exact) mass is 188 g/mol. The molecular formula is C9H20N2S. The Bertz CT molecular complexity index is 136. The van der Waals surface area contributed by atoms with Crippen molar-refractivity contribution in [2.45, 2.75) is 25.0 Å². The second kappa shape index (κ2) is 4.49. The molecule has 0 radical (unpaired) electrons. The average molecular weight is 188 g/mol. The maximum Gasteiger partial charge on any atom is 0.0231 e. The predicted octanol–water partition coefficient (Wildman–Crippen LogP) is 1.16. The van der Waals surface area contributed by atoms with Crippen molar-refractivity contribution in [3.8, 4) is 0 Å². The van der Waals surface area contributed by atoms with Gasteiger partial charge in [0, 0.05) is 23.6 Å². The van der Waals surface area contributed by atoms with Crippen molar-refractivity contribution in [2.75, 3.05) is 31.9 Å². The third-order valence-corrected chi connectivity index (χ3v) is 3.48. The number of nitrogens with zero attached hydrogens (tertiary/aromatic N) is 1. The van der Waals surface area contributed by atoms with E-state index in [0.717, 1.165) is 13.0 Å². The van der Waals surface area contributed by atoms with Crippen LogP contribution in [-0.2, 0) is 0 Å². The van der Waals surface area contributed by atoms with Gasteiger partial charge in [-0.15, -0.1) is 0 Å². The zero-order valence-corrected chi connectivity index (χ0v) is 8.99. The highest BCUT2D eigenvalue weighted by Gasteiger charge is 2.26. The van der Waals surface area contributed by atoms with Gasteiger partial charge in [-0.05, 0) is 33.4 Å². The molecule has 0 bridgehead atoms. The van der Waals surface area contributed by atoms with E-state index < -0.39 is 0 Å². The Labute approximate surface area is 79.9 Å². The Kier molecular flexibility index (Phi) is 3.87. The summed E-state index contributed by atoms with van der Waals surface area (Å²) in [6.07, 6.45) is 1.14. The van der Waals surface area contributed by atoms with Crippen molar-refractivity contribution in [1.82, 2.24) is 4.90 Å². The maximum absolute atomic E-state index is 5.48. The highest BCUT2D eigenvalue weighted by atomic mass is 32.2. The van der Waals surface area contributed by atoms with Crippen LogP contribution in [0.25, 0.3) is 0 Å². The molecule has 72 valence electrons. The van der Waals surface area contributed by atoms with E-state index in [9.17, 15) is 0 Å². The topological polar surface area (TPSA) is 29.3 Å². The molecule has 0 unspecified atom stereocenters. The fourth-order valence-electron chi connectivity index (χ4n) is 1.62. The van der Waals surface area contributed by atoms with E-state index in [4.69, 9.17) is 5.73 Å². The molecule has 12 heavy (non-hydrogen) atoms. The van der Waals surface area contributed by atoms with Crippen LogP contribution in [0.1, 0.15) is 20.3 Å². The fourth-order valence-corrected chi connectivity index (χ4v) is 2.80. The van der Waals surface area contributed by atoms with Crippen molar-refractivity contribution in [3.63, 3.8) is 0 Å². The van der Waals surface area contributed by atoms with Gasteiger partial charge in [0.15, 0.2) is 0 Å². The van der Waals surface area contributed by atoms with Crippen LogP contribution >= 0.6 is 11.8 Å². The average Bonchev–Trinajstić information content (AvgIpc) is 1.99. The van der Waals surface area contributed by atoms with Gasteiger partial charge in [-0.1, -0.05) is 0 Å². The molecule has 0 aromatic rings. The molecule has 1 aliphatic heterocycles. The molecule has 0 aromatic heterocycles. The molecule has 0 aliphatic carbocycles. The summed E-state index contributed by atoms with van der Waals surface area (Å²) in [5, 5.41) is 0. The number of hydrogen-bond acceptors (Lipinski definition) is 3. The van der Waals surface area contributed by atoms with Gasteiger partial charge < -0.3 is 10.6 Å². The molecule has 1 heterocycles. The lowest BCUT2D eigenvalue weighted by molar-refractivity contribution is 0.259. The lowest BCUT2D eigenvalue weighted by Crippen LogP contribution is -2.43. The zero-order valence-electron chi connectivity index (χ0n) is 8.18. The minimum atomic E-state index is 0.451. The minimum Gasteiger partial charge on any atom is -0.330 e. The summed E-state index contributed by atoms with van der Waals surface area (Å²) in [4.78, 5) is 2.53. The fraction of sp³-hybridized carbons (Fsp3) is 1.00. The zero-order chi connectivity index (χ0) is 9.03. The summed E-state index contributed by atoms with van der Waals surface area (Å²) in [7, 11) is 0. The van der Waals surface area contributed by atoms with E-state index in [1.807, 2.05) is 0 Å². The SMILES string of the molecule is CC1(C)CN(CCCN)CCS1. The van der Waals surface area contributed by atoms with Crippen LogP contribution in [0.4, 0.5) is 0 Å². The van der Waals surface area contributed by atoms with Crippen LogP contribution in [0, 0.1) is 0 Å². The van der Waals surface area contributed by atoms with Gasteiger partial charge >= 0.3 is 0 Å². The summed E-state index contributed by atoms with van der Waals surface area (Å²) < 4.78 is 0.451. The van der Waals surface area contributed by atoms with Gasteiger partial charge in [-0.2, -0.15) is 11.8 Å². The van der Waals surface area contributed by atoms with Gasteiger partial charge in [0.1, 0.15) is 0 Å². The lowest BCUT2D eigenvalue weighted by atomic mass is 10.2. The quantitative estimate of drug-likeness (QED) is 0.721. The van der Waals surface area contributed by atoms with Crippen molar-refractivity contribution < 1.29 is 0 Å². The van der Waals surface area contributed by atoms with E-state index in [1.54, 1.807) is 0 Å². The molecule has 0 saturated carbocycles. The summed E-state index contributed by atoms with van der Waals surface area (Å²) in [6.45, 7) is 9.12. The van der Waals surface area contributed by atoms with Gasteiger partial charge in [0.25, 0.3) is 0 Å². The van der Waals surface area contributed by atoms with E-state index in [-0.39, 0.29) is 0 Å². The van der Waals surface area contributed by atoms with E-state index in [1.165, 1.54) is 25.4 Å². The van der Waals surface area contributed by atoms with Gasteiger partial charge in [-0.3, -0.25) is 0 Å². The van der Waals surface area contributed by atoms with E-state index in [2.05, 4.69) is 30.5 Å². The highest BCUT2D eigenvalue weighted by molar-refractivity contribution is 8.00. The van der Waals surface area contributed by atoms with Crippen LogP contribution in [0.15, 0.2) is 0 Å². The second-order valence-corrected chi connectivity index (χ2v) is 5.83. The number of thioether (sulfide) groups is 1. The predicted molar refractivity (Wildman–Crippen MR) is 56.6 cm³/mol. The molecule has 2 N–H and O–H groups in total. The van der Waals surface area contributed by atoms with Crippen LogP contribution in [0.5, 0.6) is 0 Å². The molecule has 2 nitrogen and oxygen atoms in total. The molecule has 1 fully saturated rings. The molecule has 0 aromatic carbocycles. The third-order valence-electron chi connectivity index (χ3n) is 2.18. The van der Waals surface area contributed by atoms with Crippen molar-refractivity contribution in [2.24, 2.45) is 5.73 Å². The van der Waals surface area contributed by atoms with Crippen molar-refractivity contribution in [3.05, 3.63) is 0 Å². The highest BCUT2D eigenvalue weighted by Crippen LogP contribution is 2.29. The molecular weight excluding hydrogens is 168 g/mol. The summed E-state index contributed by atoms with van der Waals surface area (Å²) in [5.41, 5.74) is 5.48. The lowest BCUT2D eigenvalue weighted by Gasteiger charge is -2.37. The first-order valence-corrected chi connectivity index (χ1v) is 5.69. The van der Waals surface area contributed by atoms with E-state index in [0.29, 0.717) is 4.75 Å². The molecule has 1 saturated heterocycles. The molecule has 0 atom stereocenters. The van der Waals surface area contributed by atoms with Crippen LogP contribution in [0.2, 0.25) is 0 Å². The first kappa shape index (κ1) is 10.4. The van der Waals surface area contributed by atoms with Crippen molar-refractivity contribution >= 4 is 11.8 Å². The number of rotatable bonds is 3. The maximum atomic E-state index is 5.48. The molecule has 3 heteroatoms. The Morgan fingerprint density at radius 1 is 1.50 bits per heavy atom. The van der Waals surface area contributed by atoms with Gasteiger partial charge in [0.05, 0.1) is 0 Å². The molecule has 0 amide bonds. The summed E-state index contributed by atoms with van der Waals surface area (Å²) >= 11 is 2.08. The minimum absolute atomic E-state index is 0.451. The molecule has 0 spiro atoms. The molecule has 1 aliphatic rings. The van der Waals surface area contributed by atoms with Gasteiger partial charge in [0.2, 0.25) is 0 Å². The Morgan fingerprint density at radius 2 is 2.25 bits per heavy atom. The smallest absolute Gasteiger partial charge is 0.0231 e. The Balaban J connectivity index is 2.26. The van der Waals surface area contributed by atoms with Crippen LogP contribution in [0.3, 0.4) is 0 Å². The number of nitrogens with two attached hydrogens (primary N) is 1. The first-order valence-electron chi connectivity index (χ1n) is 4.70. The van der Waals surface area contributed by atoms with E-state index >= 15 is 0 Å². The second-order valence-electron chi connectivity index (χ2n) is 4.03. The molecule has 1 rings (SSSR count). The largest absolute Gasteiger partial charge is 0.330 e. The van der Waals surface area contributed by atoms with Crippen LogP contribution < -0.4 is 5.73 Å². The standard InChI is InChI=1S/C9H20N2S/c1-9(2)8-11(5-3-4-10)6-7-12-9/h3-8,10H2,1-2H3. The third kappa shape index (κ3) is 3.33. The van der Waals surface area contributed by atoms with Gasteiger partial charge in [-0.25, -0.2) is 0 Å². The Hall–Kier alpha value is 0.270. The first-order chi connectivity index (χ1) is 5.64. The van der Waals surface area contributed by atoms with Crippen LogP contribution in [-0.4, -0.2) is 41.6 Å². The number of hydrogen-bond donors (Lipinski definition) is 1. The summed E-state index contributed by atoms with van der Waals surface area (Å²) in [5.74, 6) is 1.28. The van der Waals surface area contributed by atoms with Crippen molar-refractivity contribution in [1.29, 1.82) is 0 Å².